The van der Waals surface area contributed by atoms with Crippen LogP contribution < -0.4 is 4.90 Å². The van der Waals surface area contributed by atoms with Crippen molar-refractivity contribution in [1.82, 2.24) is 9.88 Å². The molecule has 1 rings (SSSR count). The van der Waals surface area contributed by atoms with Crippen LogP contribution in [-0.4, -0.2) is 43.0 Å². The van der Waals surface area contributed by atoms with Crippen molar-refractivity contribution in [3.8, 4) is 0 Å². The summed E-state index contributed by atoms with van der Waals surface area (Å²) >= 11 is 0. The van der Waals surface area contributed by atoms with E-state index in [0.717, 1.165) is 12.3 Å². The molecule has 0 aliphatic carbocycles. The van der Waals surface area contributed by atoms with Crippen LogP contribution in [0.3, 0.4) is 0 Å². The number of halogens is 3. The normalized spacial score (nSPS) is 11.7. The predicted octanol–water partition coefficient (Wildman–Crippen LogP) is 2.01. The van der Waals surface area contributed by atoms with Gasteiger partial charge in [-0.1, -0.05) is 0 Å². The molecular formula is C12H16F3N3O. The van der Waals surface area contributed by atoms with E-state index < -0.39 is 11.7 Å². The number of hydrogen-bond donors (Lipinski definition) is 0. The van der Waals surface area contributed by atoms with E-state index >= 15 is 0 Å². The summed E-state index contributed by atoms with van der Waals surface area (Å²) in [5.74, 6) is -0.0311. The molecule has 0 saturated carbocycles. The molecule has 1 amide bonds. The van der Waals surface area contributed by atoms with E-state index in [1.807, 2.05) is 19.0 Å². The Labute approximate surface area is 109 Å². The van der Waals surface area contributed by atoms with Gasteiger partial charge in [0.25, 0.3) is 0 Å². The van der Waals surface area contributed by atoms with Gasteiger partial charge in [-0.15, -0.1) is 0 Å². The van der Waals surface area contributed by atoms with Crippen LogP contribution in [0.5, 0.6) is 0 Å². The molecule has 0 aliphatic heterocycles. The van der Waals surface area contributed by atoms with Crippen molar-refractivity contribution in [2.45, 2.75) is 13.1 Å². The highest BCUT2D eigenvalue weighted by Crippen LogP contribution is 2.29. The molecule has 0 spiro atoms. The van der Waals surface area contributed by atoms with Crippen molar-refractivity contribution in [1.29, 1.82) is 0 Å². The summed E-state index contributed by atoms with van der Waals surface area (Å²) in [6, 6.07) is 2.13. The van der Waals surface area contributed by atoms with Gasteiger partial charge < -0.3 is 4.90 Å². The molecule has 1 heterocycles. The fraction of sp³-hybridized carbons (Fsp3) is 0.500. The Morgan fingerprint density at radius 2 is 1.89 bits per heavy atom. The highest BCUT2D eigenvalue weighted by molar-refractivity contribution is 5.90. The van der Waals surface area contributed by atoms with Crippen molar-refractivity contribution in [3.63, 3.8) is 0 Å². The number of carbonyl (C=O) groups is 1. The molecule has 0 fully saturated rings. The van der Waals surface area contributed by atoms with E-state index in [4.69, 9.17) is 0 Å². The molecule has 4 nitrogen and oxygen atoms in total. The first-order valence-electron chi connectivity index (χ1n) is 5.68. The maximum Gasteiger partial charge on any atom is 0.417 e. The zero-order valence-corrected chi connectivity index (χ0v) is 11.0. The van der Waals surface area contributed by atoms with Crippen LogP contribution >= 0.6 is 0 Å². The summed E-state index contributed by atoms with van der Waals surface area (Å²) in [5, 5.41) is 0. The molecule has 0 aliphatic rings. The topological polar surface area (TPSA) is 36.4 Å². The van der Waals surface area contributed by atoms with Gasteiger partial charge >= 0.3 is 6.18 Å². The molecule has 106 valence electrons. The fourth-order valence-electron chi connectivity index (χ4n) is 1.45. The summed E-state index contributed by atoms with van der Waals surface area (Å²) in [7, 11) is 3.69. The first kappa shape index (κ1) is 15.4. The third kappa shape index (κ3) is 4.51. The quantitative estimate of drug-likeness (QED) is 0.843. The Kier molecular flexibility index (Phi) is 4.88. The van der Waals surface area contributed by atoms with E-state index in [2.05, 4.69) is 4.98 Å². The largest absolute Gasteiger partial charge is 0.417 e. The molecule has 0 saturated heterocycles. The van der Waals surface area contributed by atoms with Crippen molar-refractivity contribution < 1.29 is 18.0 Å². The second-order valence-corrected chi connectivity index (χ2v) is 4.38. The van der Waals surface area contributed by atoms with Crippen LogP contribution in [0.15, 0.2) is 18.3 Å². The Morgan fingerprint density at radius 1 is 1.26 bits per heavy atom. The van der Waals surface area contributed by atoms with Gasteiger partial charge in [0.05, 0.1) is 5.56 Å². The van der Waals surface area contributed by atoms with Crippen LogP contribution in [0.2, 0.25) is 0 Å². The van der Waals surface area contributed by atoms with Crippen LogP contribution in [0, 0.1) is 0 Å². The molecule has 1 aromatic heterocycles. The van der Waals surface area contributed by atoms with Gasteiger partial charge in [0.2, 0.25) is 5.91 Å². The summed E-state index contributed by atoms with van der Waals surface area (Å²) in [6.07, 6.45) is -3.68. The van der Waals surface area contributed by atoms with E-state index in [-0.39, 0.29) is 11.7 Å². The maximum absolute atomic E-state index is 12.4. The highest BCUT2D eigenvalue weighted by atomic mass is 19.4. The Morgan fingerprint density at radius 3 is 2.26 bits per heavy atom. The number of amides is 1. The number of rotatable bonds is 4. The lowest BCUT2D eigenvalue weighted by molar-refractivity contribution is -0.137. The predicted molar refractivity (Wildman–Crippen MR) is 65.8 cm³/mol. The van der Waals surface area contributed by atoms with Gasteiger partial charge in [0, 0.05) is 26.2 Å². The smallest absolute Gasteiger partial charge is 0.308 e. The van der Waals surface area contributed by atoms with Crippen LogP contribution in [0.25, 0.3) is 0 Å². The van der Waals surface area contributed by atoms with Gasteiger partial charge in [-0.2, -0.15) is 13.2 Å². The van der Waals surface area contributed by atoms with Gasteiger partial charge in [-0.25, -0.2) is 4.98 Å². The van der Waals surface area contributed by atoms with E-state index in [1.165, 1.54) is 17.9 Å². The van der Waals surface area contributed by atoms with E-state index in [0.29, 0.717) is 13.1 Å². The fourth-order valence-corrected chi connectivity index (χ4v) is 1.45. The molecule has 1 aromatic rings. The number of likely N-dealkylation sites (N-methyl/N-ethyl adjacent to an activating group) is 1. The molecule has 0 N–H and O–H groups in total. The van der Waals surface area contributed by atoms with Crippen LogP contribution in [0.4, 0.5) is 19.0 Å². The summed E-state index contributed by atoms with van der Waals surface area (Å²) in [5.41, 5.74) is -0.827. The summed E-state index contributed by atoms with van der Waals surface area (Å²) < 4.78 is 37.2. The SMILES string of the molecule is CC(=O)N(CCN(C)C)c1ccc(C(F)(F)F)cn1. The number of anilines is 1. The first-order chi connectivity index (χ1) is 8.71. The standard InChI is InChI=1S/C12H16F3N3O/c1-9(19)18(7-6-17(2)3)11-5-4-10(8-16-11)12(13,14)15/h4-5,8H,6-7H2,1-3H3. The molecule has 7 heteroatoms. The zero-order chi connectivity index (χ0) is 14.6. The van der Waals surface area contributed by atoms with Gasteiger partial charge in [0.15, 0.2) is 0 Å². The molecular weight excluding hydrogens is 259 g/mol. The second kappa shape index (κ2) is 6.01. The molecule has 0 bridgehead atoms. The average molecular weight is 275 g/mol. The number of alkyl halides is 3. The third-order valence-electron chi connectivity index (χ3n) is 2.50. The molecule has 0 atom stereocenters. The van der Waals surface area contributed by atoms with Gasteiger partial charge in [-0.05, 0) is 26.2 Å². The lowest BCUT2D eigenvalue weighted by atomic mass is 10.2. The Hall–Kier alpha value is -1.63. The van der Waals surface area contributed by atoms with Crippen LogP contribution in [0.1, 0.15) is 12.5 Å². The average Bonchev–Trinajstić information content (AvgIpc) is 2.27. The van der Waals surface area contributed by atoms with Crippen molar-refractivity contribution in [2.24, 2.45) is 0 Å². The lowest BCUT2D eigenvalue weighted by Gasteiger charge is -2.22. The van der Waals surface area contributed by atoms with Crippen molar-refractivity contribution in [3.05, 3.63) is 23.9 Å². The third-order valence-corrected chi connectivity index (χ3v) is 2.50. The minimum absolute atomic E-state index is 0.224. The summed E-state index contributed by atoms with van der Waals surface area (Å²) in [6.45, 7) is 2.33. The number of aromatic nitrogens is 1. The van der Waals surface area contributed by atoms with Crippen molar-refractivity contribution >= 4 is 11.7 Å². The number of hydrogen-bond acceptors (Lipinski definition) is 3. The second-order valence-electron chi connectivity index (χ2n) is 4.38. The first-order valence-corrected chi connectivity index (χ1v) is 5.68. The number of nitrogens with zero attached hydrogens (tertiary/aromatic N) is 3. The maximum atomic E-state index is 12.4. The van der Waals surface area contributed by atoms with Gasteiger partial charge in [0.1, 0.15) is 5.82 Å². The minimum Gasteiger partial charge on any atom is -0.308 e. The number of pyridine rings is 1. The molecule has 19 heavy (non-hydrogen) atoms. The summed E-state index contributed by atoms with van der Waals surface area (Å²) in [4.78, 5) is 18.4. The zero-order valence-electron chi connectivity index (χ0n) is 11.0. The number of carbonyl (C=O) groups excluding carboxylic acids is 1. The monoisotopic (exact) mass is 275 g/mol. The van der Waals surface area contributed by atoms with Crippen molar-refractivity contribution in [2.75, 3.05) is 32.1 Å². The van der Waals surface area contributed by atoms with E-state index in [9.17, 15) is 18.0 Å². The Bertz CT molecular complexity index is 429. The van der Waals surface area contributed by atoms with Crippen LogP contribution in [-0.2, 0) is 11.0 Å². The minimum atomic E-state index is -4.42. The molecule has 0 unspecified atom stereocenters. The van der Waals surface area contributed by atoms with Gasteiger partial charge in [-0.3, -0.25) is 9.69 Å². The lowest BCUT2D eigenvalue weighted by Crippen LogP contribution is -2.35. The highest BCUT2D eigenvalue weighted by Gasteiger charge is 2.31. The molecule has 0 radical (unpaired) electrons. The van der Waals surface area contributed by atoms with E-state index in [1.54, 1.807) is 0 Å². The Balaban J connectivity index is 2.89. The molecule has 0 aromatic carbocycles.